The summed E-state index contributed by atoms with van der Waals surface area (Å²) in [4.78, 5) is 12.2. The molecular weight excluding hydrogens is 250 g/mol. The maximum atomic E-state index is 5.40. The van der Waals surface area contributed by atoms with Crippen molar-refractivity contribution < 1.29 is 4.74 Å². The van der Waals surface area contributed by atoms with E-state index >= 15 is 0 Å². The van der Waals surface area contributed by atoms with E-state index in [0.29, 0.717) is 18.1 Å². The molecule has 0 bridgehead atoms. The Balaban J connectivity index is 2.05. The molecule has 0 aliphatic carbocycles. The first-order valence-electron chi connectivity index (χ1n) is 6.74. The van der Waals surface area contributed by atoms with E-state index in [1.54, 1.807) is 0 Å². The number of aromatic amines is 1. The number of ether oxygens (including phenoxy) is 1. The Kier molecular flexibility index (Phi) is 3.14. The van der Waals surface area contributed by atoms with Crippen LogP contribution in [0.25, 0.3) is 22.6 Å². The van der Waals surface area contributed by atoms with Crippen molar-refractivity contribution in [3.8, 4) is 17.3 Å². The lowest BCUT2D eigenvalue weighted by Crippen LogP contribution is -1.93. The lowest BCUT2D eigenvalue weighted by Gasteiger charge is -2.01. The first-order chi connectivity index (χ1) is 9.67. The van der Waals surface area contributed by atoms with Crippen LogP contribution in [0, 0.1) is 13.8 Å². The molecule has 1 N–H and O–H groups in total. The van der Waals surface area contributed by atoms with E-state index in [4.69, 9.17) is 4.74 Å². The lowest BCUT2D eigenvalue weighted by atomic mass is 10.1. The highest BCUT2D eigenvalue weighted by molar-refractivity contribution is 5.76. The van der Waals surface area contributed by atoms with Crippen LogP contribution in [0.2, 0.25) is 0 Å². The number of rotatable bonds is 3. The highest BCUT2D eigenvalue weighted by Gasteiger charge is 2.08. The van der Waals surface area contributed by atoms with Crippen molar-refractivity contribution >= 4 is 11.2 Å². The zero-order valence-electron chi connectivity index (χ0n) is 11.9. The van der Waals surface area contributed by atoms with Gasteiger partial charge >= 0.3 is 0 Å². The van der Waals surface area contributed by atoms with Gasteiger partial charge in [-0.1, -0.05) is 12.1 Å². The molecule has 102 valence electrons. The Labute approximate surface area is 117 Å². The molecule has 2 heterocycles. The average molecular weight is 267 g/mol. The van der Waals surface area contributed by atoms with E-state index in [1.165, 1.54) is 11.1 Å². The quantitative estimate of drug-likeness (QED) is 0.788. The summed E-state index contributed by atoms with van der Waals surface area (Å²) in [6.45, 7) is 6.75. The normalized spacial score (nSPS) is 10.9. The van der Waals surface area contributed by atoms with Crippen molar-refractivity contribution in [1.82, 2.24) is 15.0 Å². The van der Waals surface area contributed by atoms with Gasteiger partial charge in [-0.3, -0.25) is 0 Å². The van der Waals surface area contributed by atoms with Gasteiger partial charge in [-0.2, -0.15) is 4.98 Å². The van der Waals surface area contributed by atoms with E-state index in [-0.39, 0.29) is 0 Å². The first-order valence-corrected chi connectivity index (χ1v) is 6.74. The van der Waals surface area contributed by atoms with E-state index in [9.17, 15) is 0 Å². The molecule has 3 aromatic rings. The highest BCUT2D eigenvalue weighted by Crippen LogP contribution is 2.23. The Hall–Kier alpha value is -2.36. The summed E-state index contributed by atoms with van der Waals surface area (Å²) >= 11 is 0. The Bertz CT molecular complexity index is 762. The number of fused-ring (bicyclic) bond motifs is 1. The molecule has 0 radical (unpaired) electrons. The summed E-state index contributed by atoms with van der Waals surface area (Å²) in [5.41, 5.74) is 5.21. The maximum absolute atomic E-state index is 5.40. The Morgan fingerprint density at radius 1 is 1.05 bits per heavy atom. The third-order valence-corrected chi connectivity index (χ3v) is 3.39. The van der Waals surface area contributed by atoms with Gasteiger partial charge in [0, 0.05) is 11.6 Å². The SMILES string of the molecule is CCOc1ccc2[nH]c(-c3ccc(C)c(C)c3)nc2n1. The van der Waals surface area contributed by atoms with Crippen molar-refractivity contribution in [2.45, 2.75) is 20.8 Å². The number of hydrogen-bond acceptors (Lipinski definition) is 3. The van der Waals surface area contributed by atoms with E-state index in [0.717, 1.165) is 16.9 Å². The summed E-state index contributed by atoms with van der Waals surface area (Å²) in [5, 5.41) is 0. The van der Waals surface area contributed by atoms with Crippen LogP contribution in [0.3, 0.4) is 0 Å². The average Bonchev–Trinajstić information content (AvgIpc) is 2.85. The topological polar surface area (TPSA) is 50.8 Å². The van der Waals surface area contributed by atoms with Gasteiger partial charge < -0.3 is 9.72 Å². The molecule has 0 aliphatic heterocycles. The van der Waals surface area contributed by atoms with Gasteiger partial charge in [0.05, 0.1) is 12.1 Å². The predicted octanol–water partition coefficient (Wildman–Crippen LogP) is 3.64. The third kappa shape index (κ3) is 2.25. The number of pyridine rings is 1. The molecule has 4 heteroatoms. The van der Waals surface area contributed by atoms with Gasteiger partial charge in [-0.15, -0.1) is 0 Å². The maximum Gasteiger partial charge on any atom is 0.215 e. The molecule has 0 spiro atoms. The molecule has 3 rings (SSSR count). The molecule has 4 nitrogen and oxygen atoms in total. The molecule has 1 aromatic carbocycles. The minimum Gasteiger partial charge on any atom is -0.478 e. The third-order valence-electron chi connectivity index (χ3n) is 3.39. The molecule has 0 saturated carbocycles. The smallest absolute Gasteiger partial charge is 0.215 e. The van der Waals surface area contributed by atoms with Gasteiger partial charge in [-0.05, 0) is 44.0 Å². The second-order valence-electron chi connectivity index (χ2n) is 4.84. The Morgan fingerprint density at radius 2 is 1.90 bits per heavy atom. The van der Waals surface area contributed by atoms with Crippen LogP contribution in [-0.4, -0.2) is 21.6 Å². The fourth-order valence-electron chi connectivity index (χ4n) is 2.13. The molecule has 0 amide bonds. The van der Waals surface area contributed by atoms with E-state index in [1.807, 2.05) is 19.1 Å². The number of imidazole rings is 1. The largest absolute Gasteiger partial charge is 0.478 e. The van der Waals surface area contributed by atoms with Gasteiger partial charge in [-0.25, -0.2) is 4.98 Å². The van der Waals surface area contributed by atoms with Crippen LogP contribution in [0.1, 0.15) is 18.1 Å². The van der Waals surface area contributed by atoms with Crippen LogP contribution in [-0.2, 0) is 0 Å². The number of aromatic nitrogens is 3. The minimum atomic E-state index is 0.604. The van der Waals surface area contributed by atoms with Crippen LogP contribution in [0.4, 0.5) is 0 Å². The summed E-state index contributed by atoms with van der Waals surface area (Å²) in [7, 11) is 0. The number of H-pyrrole nitrogens is 1. The van der Waals surface area contributed by atoms with Crippen LogP contribution in [0.5, 0.6) is 5.88 Å². The zero-order valence-corrected chi connectivity index (χ0v) is 11.9. The zero-order chi connectivity index (χ0) is 14.1. The van der Waals surface area contributed by atoms with Crippen LogP contribution < -0.4 is 4.74 Å². The molecule has 20 heavy (non-hydrogen) atoms. The monoisotopic (exact) mass is 267 g/mol. The van der Waals surface area contributed by atoms with Gasteiger partial charge in [0.25, 0.3) is 0 Å². The number of hydrogen-bond donors (Lipinski definition) is 1. The molecular formula is C16H17N3O. The van der Waals surface area contributed by atoms with Gasteiger partial charge in [0.2, 0.25) is 5.88 Å². The number of nitrogens with zero attached hydrogens (tertiary/aromatic N) is 2. The number of benzene rings is 1. The van der Waals surface area contributed by atoms with E-state index < -0.39 is 0 Å². The van der Waals surface area contributed by atoms with Gasteiger partial charge in [0.15, 0.2) is 5.65 Å². The molecule has 0 saturated heterocycles. The van der Waals surface area contributed by atoms with Gasteiger partial charge in [0.1, 0.15) is 5.82 Å². The Morgan fingerprint density at radius 3 is 2.65 bits per heavy atom. The van der Waals surface area contributed by atoms with Crippen molar-refractivity contribution in [1.29, 1.82) is 0 Å². The van der Waals surface area contributed by atoms with Crippen LogP contribution in [0.15, 0.2) is 30.3 Å². The summed E-state index contributed by atoms with van der Waals surface area (Å²) < 4.78 is 5.40. The highest BCUT2D eigenvalue weighted by atomic mass is 16.5. The standard InChI is InChI=1S/C16H17N3O/c1-4-20-14-8-7-13-16(18-14)19-15(17-13)12-6-5-10(2)11(3)9-12/h5-9H,4H2,1-3H3,(H,17,18,19). The second-order valence-corrected chi connectivity index (χ2v) is 4.84. The summed E-state index contributed by atoms with van der Waals surface area (Å²) in [6.07, 6.45) is 0. The number of aryl methyl sites for hydroxylation is 2. The van der Waals surface area contributed by atoms with Crippen molar-refractivity contribution in [3.05, 3.63) is 41.5 Å². The van der Waals surface area contributed by atoms with Crippen molar-refractivity contribution in [2.24, 2.45) is 0 Å². The molecule has 2 aromatic heterocycles. The van der Waals surface area contributed by atoms with Crippen LogP contribution >= 0.6 is 0 Å². The van der Waals surface area contributed by atoms with E-state index in [2.05, 4.69) is 47.0 Å². The second kappa shape index (κ2) is 4.96. The van der Waals surface area contributed by atoms with Crippen molar-refractivity contribution in [2.75, 3.05) is 6.61 Å². The molecule has 0 atom stereocenters. The minimum absolute atomic E-state index is 0.604. The summed E-state index contributed by atoms with van der Waals surface area (Å²) in [6, 6.07) is 10.1. The predicted molar refractivity (Wildman–Crippen MR) is 80.0 cm³/mol. The molecule has 0 unspecified atom stereocenters. The fraction of sp³-hybridized carbons (Fsp3) is 0.250. The fourth-order valence-corrected chi connectivity index (χ4v) is 2.13. The summed E-state index contributed by atoms with van der Waals surface area (Å²) in [5.74, 6) is 1.45. The molecule has 0 aliphatic rings. The number of nitrogens with one attached hydrogen (secondary N) is 1. The molecule has 0 fully saturated rings. The first kappa shape index (κ1) is 12.7. The lowest BCUT2D eigenvalue weighted by molar-refractivity contribution is 0.328. The van der Waals surface area contributed by atoms with Crippen molar-refractivity contribution in [3.63, 3.8) is 0 Å².